The van der Waals surface area contributed by atoms with Crippen LogP contribution in [0, 0.1) is 22.0 Å². The molecule has 0 bridgehead atoms. The first-order valence-electron chi connectivity index (χ1n) is 7.03. The zero-order valence-electron chi connectivity index (χ0n) is 12.7. The summed E-state index contributed by atoms with van der Waals surface area (Å²) in [6.45, 7) is 0.165. The van der Waals surface area contributed by atoms with Crippen molar-refractivity contribution in [1.29, 1.82) is 0 Å². The van der Waals surface area contributed by atoms with E-state index >= 15 is 0 Å². The van der Waals surface area contributed by atoms with Crippen molar-refractivity contribution in [3.8, 4) is 11.8 Å². The number of nitrogens with zero attached hydrogens (tertiary/aromatic N) is 1. The summed E-state index contributed by atoms with van der Waals surface area (Å²) in [5.74, 6) is 5.27. The van der Waals surface area contributed by atoms with Crippen molar-refractivity contribution in [1.82, 2.24) is 5.32 Å². The number of nitrogens with one attached hydrogen (secondary N) is 1. The number of nitro benzene ring substituents is 1. The first-order chi connectivity index (χ1) is 11.6. The number of anilines is 1. The molecule has 2 aromatic carbocycles. The van der Waals surface area contributed by atoms with E-state index in [0.29, 0.717) is 0 Å². The second-order valence-electron chi connectivity index (χ2n) is 4.75. The van der Waals surface area contributed by atoms with Crippen LogP contribution in [0.3, 0.4) is 0 Å². The van der Waals surface area contributed by atoms with Crippen LogP contribution in [-0.2, 0) is 11.3 Å². The van der Waals surface area contributed by atoms with E-state index in [4.69, 9.17) is 10.5 Å². The maximum Gasteiger partial charge on any atom is 0.408 e. The van der Waals surface area contributed by atoms with E-state index in [-0.39, 0.29) is 30.1 Å². The fourth-order valence-corrected chi connectivity index (χ4v) is 1.84. The zero-order valence-corrected chi connectivity index (χ0v) is 12.7. The number of nitrogens with two attached hydrogens (primary N) is 1. The van der Waals surface area contributed by atoms with Crippen LogP contribution < -0.4 is 11.1 Å². The first-order valence-corrected chi connectivity index (χ1v) is 7.03. The summed E-state index contributed by atoms with van der Waals surface area (Å²) < 4.78 is 5.02. The molecule has 0 aliphatic carbocycles. The van der Waals surface area contributed by atoms with Crippen molar-refractivity contribution >= 4 is 17.5 Å². The van der Waals surface area contributed by atoms with Gasteiger partial charge in [0.05, 0.1) is 11.5 Å². The van der Waals surface area contributed by atoms with Gasteiger partial charge in [-0.15, -0.1) is 0 Å². The SMILES string of the molecule is Nc1ccc(C#CCNC(=O)OCc2ccccc2)c([N+](=O)[O-])c1. The van der Waals surface area contributed by atoms with Crippen molar-refractivity contribution in [2.24, 2.45) is 0 Å². The molecule has 122 valence electrons. The molecule has 2 rings (SSSR count). The predicted molar refractivity (Wildman–Crippen MR) is 89.0 cm³/mol. The number of hydrogen-bond acceptors (Lipinski definition) is 5. The molecule has 0 atom stereocenters. The molecule has 0 aliphatic heterocycles. The van der Waals surface area contributed by atoms with Crippen LogP contribution in [0.25, 0.3) is 0 Å². The average Bonchev–Trinajstić information content (AvgIpc) is 2.58. The lowest BCUT2D eigenvalue weighted by atomic mass is 10.1. The molecule has 7 nitrogen and oxygen atoms in total. The number of carbonyl (C=O) groups excluding carboxylic acids is 1. The molecule has 0 fully saturated rings. The van der Waals surface area contributed by atoms with Crippen LogP contribution in [0.1, 0.15) is 11.1 Å². The Bertz CT molecular complexity index is 794. The molecule has 0 saturated carbocycles. The van der Waals surface area contributed by atoms with E-state index in [1.165, 1.54) is 18.2 Å². The van der Waals surface area contributed by atoms with Gasteiger partial charge in [0.2, 0.25) is 0 Å². The Morgan fingerprint density at radius 1 is 1.25 bits per heavy atom. The lowest BCUT2D eigenvalue weighted by Gasteiger charge is -2.04. The predicted octanol–water partition coefficient (Wildman–Crippen LogP) is 2.45. The van der Waals surface area contributed by atoms with E-state index in [0.717, 1.165) is 5.56 Å². The largest absolute Gasteiger partial charge is 0.445 e. The molecule has 1 amide bonds. The Hall–Kier alpha value is -3.53. The Kier molecular flexibility index (Phi) is 5.75. The van der Waals surface area contributed by atoms with Crippen LogP contribution in [0.15, 0.2) is 48.5 Å². The second kappa shape index (κ2) is 8.19. The third kappa shape index (κ3) is 5.03. The van der Waals surface area contributed by atoms with Gasteiger partial charge in [-0.3, -0.25) is 10.1 Å². The molecule has 0 heterocycles. The molecule has 7 heteroatoms. The molecule has 2 aromatic rings. The van der Waals surface area contributed by atoms with Crippen LogP contribution in [0.4, 0.5) is 16.2 Å². The minimum Gasteiger partial charge on any atom is -0.445 e. The molecular formula is C17H15N3O4. The summed E-state index contributed by atoms with van der Waals surface area (Å²) in [6.07, 6.45) is -0.611. The minimum absolute atomic E-state index is 0.00908. The maximum absolute atomic E-state index is 11.5. The Balaban J connectivity index is 1.85. The maximum atomic E-state index is 11.5. The summed E-state index contributed by atoms with van der Waals surface area (Å²) in [6, 6.07) is 13.5. The van der Waals surface area contributed by atoms with Crippen LogP contribution >= 0.6 is 0 Å². The lowest BCUT2D eigenvalue weighted by Crippen LogP contribution is -2.24. The number of nitrogen functional groups attached to an aromatic ring is 1. The standard InChI is InChI=1S/C17H15N3O4/c18-15-9-8-14(16(11-15)20(22)23)7-4-10-19-17(21)24-12-13-5-2-1-3-6-13/h1-3,5-6,8-9,11H,10,12,18H2,(H,19,21). The highest BCUT2D eigenvalue weighted by molar-refractivity contribution is 5.67. The van der Waals surface area contributed by atoms with Crippen molar-refractivity contribution in [2.45, 2.75) is 6.61 Å². The number of ether oxygens (including phenoxy) is 1. The van der Waals surface area contributed by atoms with Gasteiger partial charge in [-0.1, -0.05) is 42.2 Å². The first kappa shape index (κ1) is 16.8. The highest BCUT2D eigenvalue weighted by atomic mass is 16.6. The van der Waals surface area contributed by atoms with Gasteiger partial charge in [0.25, 0.3) is 5.69 Å². The minimum atomic E-state index is -0.611. The number of nitro groups is 1. The van der Waals surface area contributed by atoms with Crippen LogP contribution in [-0.4, -0.2) is 17.6 Å². The van der Waals surface area contributed by atoms with E-state index in [9.17, 15) is 14.9 Å². The van der Waals surface area contributed by atoms with Gasteiger partial charge in [-0.05, 0) is 17.7 Å². The highest BCUT2D eigenvalue weighted by Gasteiger charge is 2.11. The molecule has 0 spiro atoms. The van der Waals surface area contributed by atoms with Gasteiger partial charge in [0, 0.05) is 11.8 Å². The Labute approximate surface area is 138 Å². The van der Waals surface area contributed by atoms with Crippen molar-refractivity contribution in [3.63, 3.8) is 0 Å². The van der Waals surface area contributed by atoms with Gasteiger partial charge >= 0.3 is 6.09 Å². The van der Waals surface area contributed by atoms with Gasteiger partial charge < -0.3 is 15.8 Å². The fourth-order valence-electron chi connectivity index (χ4n) is 1.84. The number of amides is 1. The summed E-state index contributed by atoms with van der Waals surface area (Å²) in [5.41, 5.74) is 6.73. The van der Waals surface area contributed by atoms with Crippen molar-refractivity contribution < 1.29 is 14.5 Å². The molecule has 3 N–H and O–H groups in total. The molecule has 0 aliphatic rings. The second-order valence-corrected chi connectivity index (χ2v) is 4.75. The van der Waals surface area contributed by atoms with Gasteiger partial charge in [-0.2, -0.15) is 0 Å². The van der Waals surface area contributed by atoms with Gasteiger partial charge in [0.1, 0.15) is 12.2 Å². The number of carbonyl (C=O) groups is 1. The third-order valence-corrected chi connectivity index (χ3v) is 2.98. The van der Waals surface area contributed by atoms with Gasteiger partial charge in [-0.25, -0.2) is 4.79 Å². The molecule has 0 aromatic heterocycles. The molecule has 0 radical (unpaired) electrons. The molecule has 0 saturated heterocycles. The van der Waals surface area contributed by atoms with E-state index in [1.54, 1.807) is 0 Å². The van der Waals surface area contributed by atoms with Crippen molar-refractivity contribution in [2.75, 3.05) is 12.3 Å². The molecular weight excluding hydrogens is 310 g/mol. The average molecular weight is 325 g/mol. The fraction of sp³-hybridized carbons (Fsp3) is 0.118. The quantitative estimate of drug-likeness (QED) is 0.388. The lowest BCUT2D eigenvalue weighted by molar-refractivity contribution is -0.385. The number of alkyl carbamates (subject to hydrolysis) is 1. The summed E-state index contributed by atoms with van der Waals surface area (Å²) in [5, 5.41) is 13.4. The van der Waals surface area contributed by atoms with E-state index in [1.807, 2.05) is 30.3 Å². The summed E-state index contributed by atoms with van der Waals surface area (Å²) in [7, 11) is 0. The Morgan fingerprint density at radius 2 is 2.00 bits per heavy atom. The van der Waals surface area contributed by atoms with Crippen LogP contribution in [0.2, 0.25) is 0 Å². The Morgan fingerprint density at radius 3 is 2.71 bits per heavy atom. The smallest absolute Gasteiger partial charge is 0.408 e. The summed E-state index contributed by atoms with van der Waals surface area (Å²) in [4.78, 5) is 21.9. The molecule has 0 unspecified atom stereocenters. The van der Waals surface area contributed by atoms with E-state index in [2.05, 4.69) is 17.2 Å². The van der Waals surface area contributed by atoms with E-state index < -0.39 is 11.0 Å². The van der Waals surface area contributed by atoms with Crippen molar-refractivity contribution in [3.05, 3.63) is 69.8 Å². The molecule has 24 heavy (non-hydrogen) atoms. The number of rotatable bonds is 4. The number of hydrogen-bond donors (Lipinski definition) is 2. The van der Waals surface area contributed by atoms with Gasteiger partial charge in [0.15, 0.2) is 0 Å². The normalized spacial score (nSPS) is 9.50. The monoisotopic (exact) mass is 325 g/mol. The summed E-state index contributed by atoms with van der Waals surface area (Å²) >= 11 is 0. The van der Waals surface area contributed by atoms with Crippen LogP contribution in [0.5, 0.6) is 0 Å². The topological polar surface area (TPSA) is 107 Å². The zero-order chi connectivity index (χ0) is 17.4. The third-order valence-electron chi connectivity index (χ3n) is 2.98. The highest BCUT2D eigenvalue weighted by Crippen LogP contribution is 2.20. The number of benzene rings is 2.